The summed E-state index contributed by atoms with van der Waals surface area (Å²) in [6, 6.07) is 9.27. The number of nitriles is 1. The average molecular weight is 372 g/mol. The normalized spacial score (nSPS) is 14.4. The zero-order chi connectivity index (χ0) is 20.2. The Morgan fingerprint density at radius 2 is 1.96 bits per heavy atom. The second-order valence-electron chi connectivity index (χ2n) is 6.84. The number of amides is 1. The van der Waals surface area contributed by atoms with Crippen molar-refractivity contribution in [3.05, 3.63) is 35.6 Å². The molecule has 2 atom stereocenters. The standard InChI is InChI=1S/C20H24N2O5/c1-12(2)20(4,11-21)22-18(23)13(3)26-19(24)17-15(10-25-5)14-8-6-7-9-16(14)27-17/h6-9,12-13H,10H2,1-5H3,(H,22,23)/t13-,20-/m1/s1. The van der Waals surface area contributed by atoms with Crippen LogP contribution in [0.4, 0.5) is 0 Å². The molecule has 0 spiro atoms. The van der Waals surface area contributed by atoms with Crippen molar-refractivity contribution in [1.82, 2.24) is 5.32 Å². The fraction of sp³-hybridized carbons (Fsp3) is 0.450. The predicted molar refractivity (Wildman–Crippen MR) is 98.8 cm³/mol. The first-order chi connectivity index (χ1) is 12.7. The summed E-state index contributed by atoms with van der Waals surface area (Å²) in [5.74, 6) is -1.42. The monoisotopic (exact) mass is 372 g/mol. The summed E-state index contributed by atoms with van der Waals surface area (Å²) in [5.41, 5.74) is 0.0402. The number of nitrogens with one attached hydrogen (secondary N) is 1. The smallest absolute Gasteiger partial charge is 0.375 e. The van der Waals surface area contributed by atoms with E-state index >= 15 is 0 Å². The van der Waals surface area contributed by atoms with Gasteiger partial charge in [0.15, 0.2) is 6.10 Å². The predicted octanol–water partition coefficient (Wildman–Crippen LogP) is 3.18. The van der Waals surface area contributed by atoms with E-state index in [0.717, 1.165) is 5.39 Å². The first-order valence-corrected chi connectivity index (χ1v) is 8.67. The van der Waals surface area contributed by atoms with Crippen LogP contribution in [0.3, 0.4) is 0 Å². The molecule has 1 aromatic heterocycles. The van der Waals surface area contributed by atoms with E-state index in [4.69, 9.17) is 13.9 Å². The maximum absolute atomic E-state index is 12.6. The SMILES string of the molecule is COCc1c(C(=O)O[C@H](C)C(=O)N[C@](C)(C#N)C(C)C)oc2ccccc12. The Bertz CT molecular complexity index is 880. The number of nitrogens with zero attached hydrogens (tertiary/aromatic N) is 1. The summed E-state index contributed by atoms with van der Waals surface area (Å²) >= 11 is 0. The highest BCUT2D eigenvalue weighted by Crippen LogP contribution is 2.27. The third kappa shape index (κ3) is 4.29. The molecule has 0 unspecified atom stereocenters. The van der Waals surface area contributed by atoms with Crippen LogP contribution in [0.2, 0.25) is 0 Å². The topological polar surface area (TPSA) is 102 Å². The van der Waals surface area contributed by atoms with Crippen LogP contribution in [-0.4, -0.2) is 30.6 Å². The van der Waals surface area contributed by atoms with Gasteiger partial charge in [-0.1, -0.05) is 32.0 Å². The van der Waals surface area contributed by atoms with Gasteiger partial charge in [0, 0.05) is 18.1 Å². The quantitative estimate of drug-likeness (QED) is 0.749. The number of ether oxygens (including phenoxy) is 2. The number of esters is 1. The highest BCUT2D eigenvalue weighted by Gasteiger charge is 2.33. The molecule has 0 radical (unpaired) electrons. The van der Waals surface area contributed by atoms with Crippen LogP contribution >= 0.6 is 0 Å². The summed E-state index contributed by atoms with van der Waals surface area (Å²) in [6.45, 7) is 6.89. The molecular weight excluding hydrogens is 348 g/mol. The Hall–Kier alpha value is -2.85. The van der Waals surface area contributed by atoms with Crippen molar-refractivity contribution in [2.24, 2.45) is 5.92 Å². The van der Waals surface area contributed by atoms with Gasteiger partial charge < -0.3 is 19.2 Å². The van der Waals surface area contributed by atoms with Crippen LogP contribution < -0.4 is 5.32 Å². The van der Waals surface area contributed by atoms with Crippen molar-refractivity contribution in [3.63, 3.8) is 0 Å². The second kappa shape index (κ2) is 8.23. The number of benzene rings is 1. The fourth-order valence-electron chi connectivity index (χ4n) is 2.48. The van der Waals surface area contributed by atoms with E-state index in [0.29, 0.717) is 11.1 Å². The van der Waals surface area contributed by atoms with Crippen molar-refractivity contribution < 1.29 is 23.5 Å². The molecule has 7 heteroatoms. The summed E-state index contributed by atoms with van der Waals surface area (Å²) in [6.07, 6.45) is -1.09. The minimum Gasteiger partial charge on any atom is -0.449 e. The minimum absolute atomic E-state index is 0.00426. The van der Waals surface area contributed by atoms with Gasteiger partial charge in [-0.3, -0.25) is 4.79 Å². The van der Waals surface area contributed by atoms with Crippen molar-refractivity contribution in [2.45, 2.75) is 45.9 Å². The Kier molecular flexibility index (Phi) is 6.24. The Balaban J connectivity index is 2.19. The van der Waals surface area contributed by atoms with Crippen LogP contribution in [0.15, 0.2) is 28.7 Å². The molecule has 0 saturated heterocycles. The third-order valence-electron chi connectivity index (χ3n) is 4.60. The second-order valence-corrected chi connectivity index (χ2v) is 6.84. The number of methoxy groups -OCH3 is 1. The molecule has 144 valence electrons. The van der Waals surface area contributed by atoms with Gasteiger partial charge in [-0.05, 0) is 25.8 Å². The largest absolute Gasteiger partial charge is 0.449 e. The van der Waals surface area contributed by atoms with E-state index in [9.17, 15) is 14.9 Å². The number of fused-ring (bicyclic) bond motifs is 1. The van der Waals surface area contributed by atoms with E-state index in [1.807, 2.05) is 26.0 Å². The van der Waals surface area contributed by atoms with Gasteiger partial charge in [-0.2, -0.15) is 5.26 Å². The molecular formula is C20H24N2O5. The molecule has 2 aromatic rings. The van der Waals surface area contributed by atoms with Crippen molar-refractivity contribution in [1.29, 1.82) is 5.26 Å². The van der Waals surface area contributed by atoms with E-state index in [-0.39, 0.29) is 18.3 Å². The van der Waals surface area contributed by atoms with Gasteiger partial charge >= 0.3 is 5.97 Å². The molecule has 0 saturated carbocycles. The first-order valence-electron chi connectivity index (χ1n) is 8.67. The van der Waals surface area contributed by atoms with Gasteiger partial charge in [-0.25, -0.2) is 4.79 Å². The van der Waals surface area contributed by atoms with E-state index in [1.165, 1.54) is 14.0 Å². The minimum atomic E-state index is -1.09. The van der Waals surface area contributed by atoms with Crippen LogP contribution in [-0.2, 0) is 20.9 Å². The zero-order valence-electron chi connectivity index (χ0n) is 16.2. The maximum Gasteiger partial charge on any atom is 0.375 e. The number of hydrogen-bond donors (Lipinski definition) is 1. The van der Waals surface area contributed by atoms with Crippen molar-refractivity contribution in [3.8, 4) is 6.07 Å². The zero-order valence-corrected chi connectivity index (χ0v) is 16.2. The molecule has 7 nitrogen and oxygen atoms in total. The number of carbonyl (C=O) groups excluding carboxylic acids is 2. The van der Waals surface area contributed by atoms with Crippen LogP contribution in [0, 0.1) is 17.2 Å². The molecule has 0 aliphatic heterocycles. The lowest BCUT2D eigenvalue weighted by Gasteiger charge is -2.28. The van der Waals surface area contributed by atoms with E-state index in [1.54, 1.807) is 19.1 Å². The van der Waals surface area contributed by atoms with Gasteiger partial charge in [0.25, 0.3) is 5.91 Å². The lowest BCUT2D eigenvalue weighted by Crippen LogP contribution is -2.52. The highest BCUT2D eigenvalue weighted by atomic mass is 16.6. The molecule has 0 aliphatic carbocycles. The Labute approximate surface area is 158 Å². The van der Waals surface area contributed by atoms with Crippen molar-refractivity contribution in [2.75, 3.05) is 7.11 Å². The number of hydrogen-bond acceptors (Lipinski definition) is 6. The molecule has 1 heterocycles. The average Bonchev–Trinajstić information content (AvgIpc) is 3.00. The number of para-hydroxylation sites is 1. The molecule has 2 rings (SSSR count). The van der Waals surface area contributed by atoms with Gasteiger partial charge in [0.05, 0.1) is 12.7 Å². The molecule has 1 aromatic carbocycles. The summed E-state index contributed by atoms with van der Waals surface area (Å²) in [5, 5.41) is 12.7. The van der Waals surface area contributed by atoms with E-state index < -0.39 is 23.5 Å². The lowest BCUT2D eigenvalue weighted by molar-refractivity contribution is -0.130. The summed E-state index contributed by atoms with van der Waals surface area (Å²) < 4.78 is 16.1. The van der Waals surface area contributed by atoms with Gasteiger partial charge in [0.1, 0.15) is 11.1 Å². The number of rotatable bonds is 7. The molecule has 0 fully saturated rings. The number of carbonyl (C=O) groups is 2. The lowest BCUT2D eigenvalue weighted by atomic mass is 9.90. The molecule has 1 amide bonds. The molecule has 1 N–H and O–H groups in total. The van der Waals surface area contributed by atoms with Crippen molar-refractivity contribution >= 4 is 22.8 Å². The number of furan rings is 1. The Morgan fingerprint density at radius 1 is 1.30 bits per heavy atom. The van der Waals surface area contributed by atoms with Crippen LogP contribution in [0.5, 0.6) is 0 Å². The third-order valence-corrected chi connectivity index (χ3v) is 4.60. The van der Waals surface area contributed by atoms with Gasteiger partial charge in [-0.15, -0.1) is 0 Å². The summed E-state index contributed by atoms with van der Waals surface area (Å²) in [4.78, 5) is 25.0. The summed E-state index contributed by atoms with van der Waals surface area (Å²) in [7, 11) is 1.52. The molecule has 0 aliphatic rings. The van der Waals surface area contributed by atoms with Crippen LogP contribution in [0.25, 0.3) is 11.0 Å². The van der Waals surface area contributed by atoms with Gasteiger partial charge in [0.2, 0.25) is 5.76 Å². The fourth-order valence-corrected chi connectivity index (χ4v) is 2.48. The maximum atomic E-state index is 12.6. The Morgan fingerprint density at radius 3 is 2.56 bits per heavy atom. The van der Waals surface area contributed by atoms with E-state index in [2.05, 4.69) is 11.4 Å². The molecule has 0 bridgehead atoms. The highest BCUT2D eigenvalue weighted by molar-refractivity contribution is 5.97. The van der Waals surface area contributed by atoms with Crippen LogP contribution in [0.1, 0.15) is 43.8 Å². The first kappa shape index (κ1) is 20.5. The molecule has 27 heavy (non-hydrogen) atoms.